The highest BCUT2D eigenvalue weighted by Crippen LogP contribution is 2.33. The van der Waals surface area contributed by atoms with Gasteiger partial charge in [-0.05, 0) is 60.6 Å². The fourth-order valence-electron chi connectivity index (χ4n) is 9.55. The van der Waals surface area contributed by atoms with Gasteiger partial charge < -0.3 is 35.6 Å². The first-order valence-corrected chi connectivity index (χ1v) is 26.1. The van der Waals surface area contributed by atoms with Crippen molar-refractivity contribution in [2.45, 2.75) is 161 Å². The van der Waals surface area contributed by atoms with E-state index in [0.29, 0.717) is 36.3 Å². The van der Waals surface area contributed by atoms with Crippen LogP contribution in [-0.2, 0) is 25.7 Å². The summed E-state index contributed by atoms with van der Waals surface area (Å²) < 4.78 is 0. The number of para-hydroxylation sites is 1. The molecule has 14 nitrogen and oxygen atoms in total. The smallest absolute Gasteiger partial charge is 0.246 e. The number of aliphatic hydroxyl groups is 1. The van der Waals surface area contributed by atoms with Gasteiger partial charge in [-0.3, -0.25) is 19.2 Å². The molecule has 7 rings (SSSR count). The number of unbranched alkanes of at least 4 members (excludes halogenated alkanes) is 12. The maximum Gasteiger partial charge on any atom is 0.246 e. The summed E-state index contributed by atoms with van der Waals surface area (Å²) in [5.74, 6) is -0.155. The number of aromatic hydroxyl groups is 1. The fraction of sp³-hybridized carbons (Fsp3) is 0.537. The highest BCUT2D eigenvalue weighted by atomic mass is 32.1. The quantitative estimate of drug-likeness (QED) is 0.0375. The van der Waals surface area contributed by atoms with E-state index in [9.17, 15) is 29.4 Å². The molecule has 3 atom stereocenters. The predicted octanol–water partition coefficient (Wildman–Crippen LogP) is 9.35. The van der Waals surface area contributed by atoms with Crippen molar-refractivity contribution in [3.8, 4) is 27.4 Å². The highest BCUT2D eigenvalue weighted by Gasteiger charge is 2.44. The molecular weight excluding hydrogens is 889 g/mol. The average Bonchev–Trinajstić information content (AvgIpc) is 4.05. The van der Waals surface area contributed by atoms with Crippen molar-refractivity contribution in [1.29, 1.82) is 0 Å². The van der Waals surface area contributed by atoms with Crippen LogP contribution < -0.4 is 10.6 Å². The van der Waals surface area contributed by atoms with Gasteiger partial charge in [0.25, 0.3) is 0 Å². The van der Waals surface area contributed by atoms with Crippen molar-refractivity contribution in [1.82, 2.24) is 40.6 Å². The molecule has 5 aromatic rings. The summed E-state index contributed by atoms with van der Waals surface area (Å²) in [6.45, 7) is 9.48. The number of aliphatic hydroxyl groups excluding tert-OH is 1. The number of H-pyrrole nitrogens is 1. The number of aromatic nitrogens is 4. The number of nitrogens with zero attached hydrogens (tertiary/aromatic N) is 5. The molecule has 69 heavy (non-hydrogen) atoms. The molecule has 2 saturated heterocycles. The van der Waals surface area contributed by atoms with Gasteiger partial charge in [-0.15, -0.1) is 21.5 Å². The Kier molecular flexibility index (Phi) is 18.0. The molecule has 0 unspecified atom stereocenters. The first-order chi connectivity index (χ1) is 33.2. The van der Waals surface area contributed by atoms with E-state index < -0.39 is 23.6 Å². The average molecular weight is 961 g/mol. The molecule has 2 aliphatic heterocycles. The summed E-state index contributed by atoms with van der Waals surface area (Å²) in [5, 5.41) is 36.3. The Balaban J connectivity index is 0.692. The lowest BCUT2D eigenvalue weighted by atomic mass is 9.85. The summed E-state index contributed by atoms with van der Waals surface area (Å²) in [4.78, 5) is 65.6. The second-order valence-corrected chi connectivity index (χ2v) is 21.2. The third-order valence-electron chi connectivity index (χ3n) is 13.8. The number of phenols is 1. The highest BCUT2D eigenvalue weighted by molar-refractivity contribution is 7.13. The molecule has 15 heteroatoms. The van der Waals surface area contributed by atoms with E-state index in [1.807, 2.05) is 80.6 Å². The number of fused-ring (bicyclic) bond motifs is 1. The third kappa shape index (κ3) is 14.0. The molecule has 5 heterocycles. The third-order valence-corrected chi connectivity index (χ3v) is 14.7. The number of hydrogen-bond acceptors (Lipinski definition) is 10. The summed E-state index contributed by atoms with van der Waals surface area (Å²) >= 11 is 1.59. The number of rotatable bonds is 24. The van der Waals surface area contributed by atoms with Crippen LogP contribution in [0.4, 0.5) is 0 Å². The van der Waals surface area contributed by atoms with Crippen molar-refractivity contribution in [2.75, 3.05) is 19.6 Å². The van der Waals surface area contributed by atoms with Crippen molar-refractivity contribution < 1.29 is 29.4 Å². The lowest BCUT2D eigenvalue weighted by Crippen LogP contribution is -2.57. The number of aromatic amines is 1. The number of β-amino-alcohol motifs (C(OH)–C–C–N with tert-alkyl or cyclic N) is 1. The SMILES string of the molecule is Cc1ncsc1-c1ccc(CNC(=O)[C@@H]2C[C@@H](O)CN2C(=O)[C@@H](NC(=O)CCCCCCCCCCCCCCCC(=O)N2CC(c3cc4cc(-c5ccccc5O)nnc4[nH]3)C2)C(C)(C)C)cc1. The fourth-order valence-corrected chi connectivity index (χ4v) is 10.4. The van der Waals surface area contributed by atoms with Gasteiger partial charge in [-0.2, -0.15) is 0 Å². The van der Waals surface area contributed by atoms with Gasteiger partial charge in [0.15, 0.2) is 5.65 Å². The summed E-state index contributed by atoms with van der Waals surface area (Å²) in [6, 6.07) is 17.4. The van der Waals surface area contributed by atoms with Crippen LogP contribution in [0.5, 0.6) is 5.75 Å². The van der Waals surface area contributed by atoms with Crippen LogP contribution in [0.1, 0.15) is 146 Å². The second kappa shape index (κ2) is 24.2. The van der Waals surface area contributed by atoms with E-state index in [1.165, 1.54) is 43.4 Å². The predicted molar refractivity (Wildman–Crippen MR) is 271 cm³/mol. The molecule has 0 aliphatic carbocycles. The number of aryl methyl sites for hydroxylation is 1. The number of nitrogens with one attached hydrogen (secondary N) is 3. The molecule has 3 aromatic heterocycles. The molecule has 0 saturated carbocycles. The first-order valence-electron chi connectivity index (χ1n) is 25.2. The number of benzene rings is 2. The Morgan fingerprint density at radius 2 is 1.46 bits per heavy atom. The molecule has 370 valence electrons. The Hall–Kier alpha value is -5.67. The van der Waals surface area contributed by atoms with Crippen LogP contribution in [0.2, 0.25) is 0 Å². The van der Waals surface area contributed by atoms with Crippen LogP contribution in [0, 0.1) is 12.3 Å². The number of amides is 4. The molecule has 2 aromatic carbocycles. The van der Waals surface area contributed by atoms with Gasteiger partial charge in [-0.25, -0.2) is 4.98 Å². The van der Waals surface area contributed by atoms with Gasteiger partial charge in [0.2, 0.25) is 23.6 Å². The zero-order valence-corrected chi connectivity index (χ0v) is 41.8. The van der Waals surface area contributed by atoms with Gasteiger partial charge in [-0.1, -0.05) is 128 Å². The number of phenolic OH excluding ortho intramolecular Hbond substituents is 1. The van der Waals surface area contributed by atoms with E-state index in [0.717, 1.165) is 90.8 Å². The van der Waals surface area contributed by atoms with Crippen molar-refractivity contribution in [3.05, 3.63) is 83.1 Å². The van der Waals surface area contributed by atoms with Crippen LogP contribution in [0.3, 0.4) is 0 Å². The molecule has 0 spiro atoms. The summed E-state index contributed by atoms with van der Waals surface area (Å²) in [7, 11) is 0. The van der Waals surface area contributed by atoms with Gasteiger partial charge in [0.05, 0.1) is 27.9 Å². The van der Waals surface area contributed by atoms with E-state index in [2.05, 4.69) is 36.9 Å². The Morgan fingerprint density at radius 3 is 2.09 bits per heavy atom. The zero-order valence-electron chi connectivity index (χ0n) is 41.0. The maximum atomic E-state index is 14.0. The van der Waals surface area contributed by atoms with Crippen LogP contribution in [0.25, 0.3) is 32.7 Å². The second-order valence-electron chi connectivity index (χ2n) is 20.3. The minimum Gasteiger partial charge on any atom is -0.507 e. The standard InChI is InChI=1S/C54H72N8O6S/c1-36-49(69-35-56-36)38-26-24-37(25-27-38)31-55-52(67)45-30-41(63)34-62(45)53(68)50(54(2,3)4)58-47(65)22-16-14-12-10-8-6-5-7-9-11-13-15-17-23-48(66)61-32-40(33-61)43-28-39-29-44(59-60-51(39)57-43)42-20-18-19-21-46(42)64/h18-21,24-29,35,40-41,45,50,63-64H,5-17,22-23,30-34H2,1-4H3,(H,55,67)(H,57,60)(H,58,65)/t41-,45+,50-/m1/s1. The minimum atomic E-state index is -0.827. The molecule has 5 N–H and O–H groups in total. The Bertz CT molecular complexity index is 2490. The molecule has 4 amide bonds. The van der Waals surface area contributed by atoms with Crippen LogP contribution >= 0.6 is 11.3 Å². The number of hydrogen-bond donors (Lipinski definition) is 5. The van der Waals surface area contributed by atoms with E-state index in [-0.39, 0.29) is 48.3 Å². The molecule has 0 radical (unpaired) electrons. The van der Waals surface area contributed by atoms with E-state index in [1.54, 1.807) is 23.5 Å². The Labute approximate surface area is 411 Å². The van der Waals surface area contributed by atoms with E-state index >= 15 is 0 Å². The summed E-state index contributed by atoms with van der Waals surface area (Å²) in [6.07, 6.45) is 14.7. The van der Waals surface area contributed by atoms with Crippen LogP contribution in [-0.4, -0.2) is 102 Å². The van der Waals surface area contributed by atoms with Gasteiger partial charge in [0.1, 0.15) is 17.8 Å². The topological polar surface area (TPSA) is 194 Å². The normalized spacial score (nSPS) is 16.7. The maximum absolute atomic E-state index is 14.0. The van der Waals surface area contributed by atoms with Crippen molar-refractivity contribution >= 4 is 46.0 Å². The Morgan fingerprint density at radius 1 is 0.826 bits per heavy atom. The monoisotopic (exact) mass is 961 g/mol. The molecule has 0 bridgehead atoms. The minimum absolute atomic E-state index is 0.0470. The number of carbonyl (C=O) groups excluding carboxylic acids is 4. The number of likely N-dealkylation sites (tertiary alicyclic amines) is 2. The van der Waals surface area contributed by atoms with Crippen LogP contribution in [0.15, 0.2) is 66.2 Å². The number of carbonyl (C=O) groups is 4. The van der Waals surface area contributed by atoms with Crippen molar-refractivity contribution in [3.63, 3.8) is 0 Å². The largest absolute Gasteiger partial charge is 0.507 e. The number of thiazole rings is 1. The van der Waals surface area contributed by atoms with Crippen molar-refractivity contribution in [2.24, 2.45) is 5.41 Å². The molecular formula is C54H72N8O6S. The lowest BCUT2D eigenvalue weighted by Gasteiger charge is -2.39. The lowest BCUT2D eigenvalue weighted by molar-refractivity contribution is -0.144. The van der Waals surface area contributed by atoms with Gasteiger partial charge >= 0.3 is 0 Å². The summed E-state index contributed by atoms with van der Waals surface area (Å²) in [5.41, 5.74) is 7.26. The van der Waals surface area contributed by atoms with Gasteiger partial charge in [0, 0.05) is 68.0 Å². The first kappa shape index (κ1) is 51.2. The van der Waals surface area contributed by atoms with E-state index in [4.69, 9.17) is 0 Å². The molecule has 2 aliphatic rings. The zero-order chi connectivity index (χ0) is 48.9. The molecule has 2 fully saturated rings.